The van der Waals surface area contributed by atoms with Crippen LogP contribution in [0.1, 0.15) is 22.6 Å². The largest absolute Gasteiger partial charge is 0.488 e. The summed E-state index contributed by atoms with van der Waals surface area (Å²) in [4.78, 5) is 26.7. The number of ether oxygens (including phenoxy) is 1. The van der Waals surface area contributed by atoms with Gasteiger partial charge >= 0.3 is 0 Å². The van der Waals surface area contributed by atoms with Crippen LogP contribution in [0.3, 0.4) is 0 Å². The Morgan fingerprint density at radius 1 is 1.33 bits per heavy atom. The van der Waals surface area contributed by atoms with E-state index in [0.717, 1.165) is 36.7 Å². The fraction of sp³-hybridized carbons (Fsp3) is 0.412. The van der Waals surface area contributed by atoms with Crippen molar-refractivity contribution in [3.8, 4) is 5.75 Å². The molecule has 1 atom stereocenters. The third-order valence-corrected chi connectivity index (χ3v) is 5.93. The van der Waals surface area contributed by atoms with Gasteiger partial charge in [0.2, 0.25) is 0 Å². The molecule has 0 saturated carbocycles. The standard InChI is InChI=1S/C17H18N4O2S/c1-12-6-20-15(8-19-12)16(22)21-10-17(11-21)5-14(9-24-17)23-13-3-2-4-18-7-13/h2-4,6-8,14H,5,9-11H2,1H3/t14-/m0/s1. The molecule has 4 heterocycles. The zero-order chi connectivity index (χ0) is 16.6. The lowest BCUT2D eigenvalue weighted by Gasteiger charge is -2.47. The van der Waals surface area contributed by atoms with E-state index in [9.17, 15) is 4.79 Å². The summed E-state index contributed by atoms with van der Waals surface area (Å²) in [7, 11) is 0. The van der Waals surface area contributed by atoms with Crippen molar-refractivity contribution in [1.29, 1.82) is 0 Å². The predicted octanol–water partition coefficient (Wildman–Crippen LogP) is 1.96. The van der Waals surface area contributed by atoms with E-state index in [1.807, 2.05) is 35.7 Å². The third kappa shape index (κ3) is 2.96. The first-order valence-corrected chi connectivity index (χ1v) is 8.91. The number of hydrogen-bond acceptors (Lipinski definition) is 6. The summed E-state index contributed by atoms with van der Waals surface area (Å²) in [5.41, 5.74) is 1.23. The average Bonchev–Trinajstić information content (AvgIpc) is 2.99. The molecule has 2 aromatic rings. The quantitative estimate of drug-likeness (QED) is 0.849. The van der Waals surface area contributed by atoms with Crippen molar-refractivity contribution < 1.29 is 9.53 Å². The van der Waals surface area contributed by atoms with Crippen LogP contribution >= 0.6 is 11.8 Å². The lowest BCUT2D eigenvalue weighted by atomic mass is 9.92. The molecule has 7 heteroatoms. The van der Waals surface area contributed by atoms with Gasteiger partial charge in [-0.15, -0.1) is 11.8 Å². The maximum atomic E-state index is 12.4. The molecule has 1 spiro atoms. The van der Waals surface area contributed by atoms with Crippen LogP contribution in [-0.4, -0.2) is 55.5 Å². The van der Waals surface area contributed by atoms with Crippen LogP contribution in [0.25, 0.3) is 0 Å². The Hall–Kier alpha value is -2.15. The Morgan fingerprint density at radius 2 is 2.21 bits per heavy atom. The van der Waals surface area contributed by atoms with E-state index in [1.165, 1.54) is 0 Å². The Labute approximate surface area is 144 Å². The first kappa shape index (κ1) is 15.4. The second-order valence-corrected chi connectivity index (χ2v) is 7.82. The lowest BCUT2D eigenvalue weighted by molar-refractivity contribution is 0.0511. The fourth-order valence-corrected chi connectivity index (χ4v) is 4.69. The maximum Gasteiger partial charge on any atom is 0.274 e. The van der Waals surface area contributed by atoms with E-state index in [2.05, 4.69) is 15.0 Å². The zero-order valence-electron chi connectivity index (χ0n) is 13.4. The van der Waals surface area contributed by atoms with Crippen LogP contribution in [0, 0.1) is 6.92 Å². The molecule has 2 aliphatic rings. The van der Waals surface area contributed by atoms with E-state index in [4.69, 9.17) is 4.74 Å². The van der Waals surface area contributed by atoms with Gasteiger partial charge in [-0.2, -0.15) is 0 Å². The van der Waals surface area contributed by atoms with Crippen molar-refractivity contribution in [3.63, 3.8) is 0 Å². The Bertz CT molecular complexity index is 732. The van der Waals surface area contributed by atoms with E-state index in [0.29, 0.717) is 5.69 Å². The number of hydrogen-bond donors (Lipinski definition) is 0. The van der Waals surface area contributed by atoms with Gasteiger partial charge in [0.15, 0.2) is 0 Å². The SMILES string of the molecule is Cc1cnc(C(=O)N2CC3(C[C@H](Oc4cccnc4)CS3)C2)cn1. The Kier molecular flexibility index (Phi) is 3.88. The van der Waals surface area contributed by atoms with E-state index in [1.54, 1.807) is 24.8 Å². The number of rotatable bonds is 3. The second-order valence-electron chi connectivity index (χ2n) is 6.33. The van der Waals surface area contributed by atoms with Crippen LogP contribution < -0.4 is 4.74 Å². The molecule has 2 fully saturated rings. The number of aryl methyl sites for hydroxylation is 1. The molecule has 0 N–H and O–H groups in total. The summed E-state index contributed by atoms with van der Waals surface area (Å²) < 4.78 is 6.12. The monoisotopic (exact) mass is 342 g/mol. The minimum atomic E-state index is -0.0367. The molecule has 0 bridgehead atoms. The molecule has 0 aliphatic carbocycles. The molecular weight excluding hydrogens is 324 g/mol. The number of amides is 1. The summed E-state index contributed by atoms with van der Waals surface area (Å²) in [5, 5.41) is 0. The average molecular weight is 342 g/mol. The highest BCUT2D eigenvalue weighted by Gasteiger charge is 2.51. The number of carbonyl (C=O) groups excluding carboxylic acids is 1. The van der Waals surface area contributed by atoms with Crippen molar-refractivity contribution in [1.82, 2.24) is 19.9 Å². The number of nitrogens with zero attached hydrogens (tertiary/aromatic N) is 4. The van der Waals surface area contributed by atoms with E-state index < -0.39 is 0 Å². The highest BCUT2D eigenvalue weighted by atomic mass is 32.2. The molecule has 4 rings (SSSR count). The van der Waals surface area contributed by atoms with Gasteiger partial charge < -0.3 is 9.64 Å². The van der Waals surface area contributed by atoms with Gasteiger partial charge in [-0.1, -0.05) is 0 Å². The van der Waals surface area contributed by atoms with Crippen molar-refractivity contribution in [2.75, 3.05) is 18.8 Å². The molecule has 1 amide bonds. The third-order valence-electron chi connectivity index (χ3n) is 4.36. The summed E-state index contributed by atoms with van der Waals surface area (Å²) in [6.07, 6.45) is 7.79. The van der Waals surface area contributed by atoms with Gasteiger partial charge in [-0.25, -0.2) is 4.98 Å². The molecule has 0 unspecified atom stereocenters. The lowest BCUT2D eigenvalue weighted by Crippen LogP contribution is -2.61. The van der Waals surface area contributed by atoms with Crippen molar-refractivity contribution in [2.24, 2.45) is 0 Å². The van der Waals surface area contributed by atoms with Gasteiger partial charge in [0.25, 0.3) is 5.91 Å². The maximum absolute atomic E-state index is 12.4. The second kappa shape index (κ2) is 6.05. The Morgan fingerprint density at radius 3 is 2.92 bits per heavy atom. The van der Waals surface area contributed by atoms with Crippen molar-refractivity contribution in [2.45, 2.75) is 24.2 Å². The first-order valence-electron chi connectivity index (χ1n) is 7.92. The van der Waals surface area contributed by atoms with Gasteiger partial charge in [0.05, 0.1) is 22.8 Å². The highest BCUT2D eigenvalue weighted by molar-refractivity contribution is 8.01. The highest BCUT2D eigenvalue weighted by Crippen LogP contribution is 2.46. The van der Waals surface area contributed by atoms with Crippen molar-refractivity contribution >= 4 is 17.7 Å². The molecule has 124 valence electrons. The zero-order valence-corrected chi connectivity index (χ0v) is 14.2. The normalized spacial score (nSPS) is 21.5. The molecule has 2 aromatic heterocycles. The Balaban J connectivity index is 1.33. The predicted molar refractivity (Wildman–Crippen MR) is 91.1 cm³/mol. The van der Waals surface area contributed by atoms with Crippen LogP contribution in [0.15, 0.2) is 36.9 Å². The molecule has 0 aromatic carbocycles. The number of carbonyl (C=O) groups is 1. The number of likely N-dealkylation sites (tertiary alicyclic amines) is 1. The minimum absolute atomic E-state index is 0.0367. The molecule has 2 aliphatic heterocycles. The minimum Gasteiger partial charge on any atom is -0.488 e. The van der Waals surface area contributed by atoms with Gasteiger partial charge in [-0.3, -0.25) is 14.8 Å². The van der Waals surface area contributed by atoms with Crippen LogP contribution in [-0.2, 0) is 0 Å². The summed E-state index contributed by atoms with van der Waals surface area (Å²) in [5.74, 6) is 1.72. The summed E-state index contributed by atoms with van der Waals surface area (Å²) in [6, 6.07) is 3.80. The van der Waals surface area contributed by atoms with E-state index >= 15 is 0 Å². The van der Waals surface area contributed by atoms with Gasteiger partial charge in [0.1, 0.15) is 17.5 Å². The van der Waals surface area contributed by atoms with Gasteiger partial charge in [-0.05, 0) is 19.1 Å². The number of pyridine rings is 1. The van der Waals surface area contributed by atoms with Crippen molar-refractivity contribution in [3.05, 3.63) is 48.3 Å². The number of aromatic nitrogens is 3. The number of thioether (sulfide) groups is 1. The summed E-state index contributed by atoms with van der Waals surface area (Å²) in [6.45, 7) is 3.36. The van der Waals surface area contributed by atoms with Gasteiger partial charge in [0, 0.05) is 37.7 Å². The molecule has 6 nitrogen and oxygen atoms in total. The first-order chi connectivity index (χ1) is 11.6. The molecule has 2 saturated heterocycles. The molecular formula is C17H18N4O2S. The fourth-order valence-electron chi connectivity index (χ4n) is 3.17. The smallest absolute Gasteiger partial charge is 0.274 e. The molecule has 24 heavy (non-hydrogen) atoms. The van der Waals surface area contributed by atoms with Crippen LogP contribution in [0.2, 0.25) is 0 Å². The van der Waals surface area contributed by atoms with Crippen LogP contribution in [0.4, 0.5) is 0 Å². The topological polar surface area (TPSA) is 68.2 Å². The van der Waals surface area contributed by atoms with Crippen LogP contribution in [0.5, 0.6) is 5.75 Å². The summed E-state index contributed by atoms with van der Waals surface area (Å²) >= 11 is 1.90. The van der Waals surface area contributed by atoms with E-state index in [-0.39, 0.29) is 16.8 Å². The molecule has 0 radical (unpaired) electrons.